The van der Waals surface area contributed by atoms with Gasteiger partial charge in [-0.2, -0.15) is 0 Å². The molecule has 0 atom stereocenters. The van der Waals surface area contributed by atoms with Gasteiger partial charge in [0.1, 0.15) is 0 Å². The number of carbonyl (C=O) groups is 1. The molecule has 2 nitrogen and oxygen atoms in total. The Labute approximate surface area is 74.1 Å². The molecule has 3 heteroatoms. The SMILES string of the molecule is CC[CH2][In]1[CH]=CC=[C]1C(=O)O. The second-order valence-electron chi connectivity index (χ2n) is 2.71. The van der Waals surface area contributed by atoms with Crippen LogP contribution in [0.5, 0.6) is 0 Å². The van der Waals surface area contributed by atoms with Crippen LogP contribution in [0, 0.1) is 0 Å². The van der Waals surface area contributed by atoms with E-state index in [1.165, 1.54) is 0 Å². The molecule has 58 valence electrons. The standard InChI is InChI=1S/C5H4O2.C3H7.In/c1-2-3-4-5(6)7;1-3-2;/h1-3H,(H,6,7);1,3H2,2H3;. The van der Waals surface area contributed by atoms with E-state index in [9.17, 15) is 4.79 Å². The molecule has 1 heterocycles. The van der Waals surface area contributed by atoms with Gasteiger partial charge in [-0.15, -0.1) is 0 Å². The van der Waals surface area contributed by atoms with Gasteiger partial charge in [0.2, 0.25) is 0 Å². The first-order valence-corrected chi connectivity index (χ1v) is 9.75. The van der Waals surface area contributed by atoms with Crippen molar-refractivity contribution in [1.29, 1.82) is 0 Å². The van der Waals surface area contributed by atoms with Gasteiger partial charge >= 0.3 is 74.1 Å². The summed E-state index contributed by atoms with van der Waals surface area (Å²) in [5.41, 5.74) is 0. The van der Waals surface area contributed by atoms with Crippen LogP contribution in [0.3, 0.4) is 0 Å². The van der Waals surface area contributed by atoms with Gasteiger partial charge in [0.15, 0.2) is 0 Å². The van der Waals surface area contributed by atoms with E-state index in [-0.39, 0.29) is 0 Å². The minimum atomic E-state index is -1.85. The van der Waals surface area contributed by atoms with E-state index in [1.54, 1.807) is 6.08 Å². The summed E-state index contributed by atoms with van der Waals surface area (Å²) in [6.45, 7) is 2.11. The van der Waals surface area contributed by atoms with E-state index in [0.29, 0.717) is 0 Å². The van der Waals surface area contributed by atoms with Crippen molar-refractivity contribution >= 4 is 27.4 Å². The summed E-state index contributed by atoms with van der Waals surface area (Å²) in [6.07, 6.45) is 4.81. The van der Waals surface area contributed by atoms with E-state index in [4.69, 9.17) is 5.11 Å². The van der Waals surface area contributed by atoms with Crippen molar-refractivity contribution in [2.45, 2.75) is 17.5 Å². The summed E-state index contributed by atoms with van der Waals surface area (Å²) < 4.78 is 4.05. The van der Waals surface area contributed by atoms with Gasteiger partial charge in [-0.05, 0) is 0 Å². The molecule has 11 heavy (non-hydrogen) atoms. The first-order valence-electron chi connectivity index (χ1n) is 3.87. The average Bonchev–Trinajstić information content (AvgIpc) is 2.36. The van der Waals surface area contributed by atoms with Gasteiger partial charge in [-0.3, -0.25) is 0 Å². The number of allylic oxidation sites excluding steroid dienone is 2. The molecular weight excluding hydrogens is 243 g/mol. The summed E-state index contributed by atoms with van der Waals surface area (Å²) in [5.74, 6) is -0.691. The van der Waals surface area contributed by atoms with E-state index in [1.807, 2.05) is 6.08 Å². The summed E-state index contributed by atoms with van der Waals surface area (Å²) >= 11 is -1.85. The van der Waals surface area contributed by atoms with E-state index in [0.717, 1.165) is 13.9 Å². The second kappa shape index (κ2) is 4.00. The molecule has 0 bridgehead atoms. The Morgan fingerprint density at radius 3 is 3.00 bits per heavy atom. The molecule has 1 rings (SSSR count). The Morgan fingerprint density at radius 2 is 2.45 bits per heavy atom. The normalized spacial score (nSPS) is 15.4. The first kappa shape index (κ1) is 8.91. The Hall–Kier alpha value is -0.180. The molecule has 0 saturated heterocycles. The fourth-order valence-electron chi connectivity index (χ4n) is 1.31. The predicted octanol–water partition coefficient (Wildman–Crippen LogP) is 1.55. The van der Waals surface area contributed by atoms with E-state index < -0.39 is 27.4 Å². The van der Waals surface area contributed by atoms with Crippen molar-refractivity contribution in [1.82, 2.24) is 0 Å². The van der Waals surface area contributed by atoms with Crippen LogP contribution in [-0.4, -0.2) is 32.5 Å². The summed E-state index contributed by atoms with van der Waals surface area (Å²) in [4.78, 5) is 10.6. The number of carboxylic acids is 1. The van der Waals surface area contributed by atoms with Gasteiger partial charge in [-0.25, -0.2) is 0 Å². The third kappa shape index (κ3) is 2.12. The Balaban J connectivity index is 2.61. The van der Waals surface area contributed by atoms with Crippen LogP contribution in [0.4, 0.5) is 0 Å². The van der Waals surface area contributed by atoms with Crippen molar-refractivity contribution in [3.05, 3.63) is 19.3 Å². The summed E-state index contributed by atoms with van der Waals surface area (Å²) in [5, 5.41) is 8.75. The molecule has 0 aliphatic carbocycles. The quantitative estimate of drug-likeness (QED) is 0.829. The van der Waals surface area contributed by atoms with Gasteiger partial charge in [0.05, 0.1) is 0 Å². The minimum absolute atomic E-state index is 0.691. The molecule has 1 aliphatic rings. The number of hydrogen-bond donors (Lipinski definition) is 1. The first-order chi connectivity index (χ1) is 5.25. The Morgan fingerprint density at radius 1 is 1.73 bits per heavy atom. The molecule has 0 aromatic carbocycles. The van der Waals surface area contributed by atoms with Crippen LogP contribution >= 0.6 is 0 Å². The molecule has 1 aliphatic heterocycles. The van der Waals surface area contributed by atoms with Crippen LogP contribution in [0.1, 0.15) is 13.3 Å². The van der Waals surface area contributed by atoms with Crippen LogP contribution in [0.2, 0.25) is 4.18 Å². The summed E-state index contributed by atoms with van der Waals surface area (Å²) in [6, 6.07) is 0. The van der Waals surface area contributed by atoms with Crippen LogP contribution in [-0.2, 0) is 4.79 Å². The molecule has 0 fully saturated rings. The summed E-state index contributed by atoms with van der Waals surface area (Å²) in [7, 11) is 0. The molecule has 0 aromatic rings. The molecule has 0 aromatic heterocycles. The maximum absolute atomic E-state index is 10.6. The number of carboxylic acid groups (broad SMARTS) is 1. The van der Waals surface area contributed by atoms with Crippen LogP contribution in [0.25, 0.3) is 0 Å². The fraction of sp³-hybridized carbons (Fsp3) is 0.375. The van der Waals surface area contributed by atoms with Crippen molar-refractivity contribution in [2.24, 2.45) is 0 Å². The number of hydrogen-bond acceptors (Lipinski definition) is 1. The Kier molecular flexibility index (Phi) is 3.24. The second-order valence-corrected chi connectivity index (χ2v) is 10.7. The van der Waals surface area contributed by atoms with Gasteiger partial charge in [-0.1, -0.05) is 0 Å². The van der Waals surface area contributed by atoms with Gasteiger partial charge in [0, 0.05) is 0 Å². The monoisotopic (exact) mass is 254 g/mol. The van der Waals surface area contributed by atoms with Gasteiger partial charge in [0.25, 0.3) is 0 Å². The topological polar surface area (TPSA) is 37.3 Å². The van der Waals surface area contributed by atoms with Gasteiger partial charge < -0.3 is 0 Å². The zero-order chi connectivity index (χ0) is 8.27. The molecule has 0 saturated carbocycles. The van der Waals surface area contributed by atoms with Crippen molar-refractivity contribution < 1.29 is 9.90 Å². The molecule has 0 radical (unpaired) electrons. The number of rotatable bonds is 3. The van der Waals surface area contributed by atoms with Crippen molar-refractivity contribution in [2.75, 3.05) is 0 Å². The molecular formula is C8H11InO2. The third-order valence-electron chi connectivity index (χ3n) is 1.87. The fourth-order valence-corrected chi connectivity index (χ4v) is 8.13. The van der Waals surface area contributed by atoms with E-state index in [2.05, 4.69) is 10.8 Å². The van der Waals surface area contributed by atoms with Crippen LogP contribution in [0.15, 0.2) is 19.3 Å². The van der Waals surface area contributed by atoms with E-state index >= 15 is 0 Å². The zero-order valence-electron chi connectivity index (χ0n) is 6.58. The number of aliphatic carboxylic acids is 1. The molecule has 0 amide bonds. The maximum atomic E-state index is 10.6. The predicted molar refractivity (Wildman–Crippen MR) is 45.7 cm³/mol. The molecule has 0 spiro atoms. The Bertz CT molecular complexity index is 218. The van der Waals surface area contributed by atoms with Crippen LogP contribution < -0.4 is 0 Å². The van der Waals surface area contributed by atoms with Crippen molar-refractivity contribution in [3.63, 3.8) is 0 Å². The molecule has 1 N–H and O–H groups in total. The zero-order valence-corrected chi connectivity index (χ0v) is 9.87. The average molecular weight is 254 g/mol. The molecule has 0 unspecified atom stereocenters. The van der Waals surface area contributed by atoms with Crippen molar-refractivity contribution in [3.8, 4) is 0 Å². The third-order valence-corrected chi connectivity index (χ3v) is 10.8.